The first-order chi connectivity index (χ1) is 16.2. The van der Waals surface area contributed by atoms with E-state index in [1.165, 1.54) is 9.80 Å². The number of halogens is 5. The van der Waals surface area contributed by atoms with Crippen LogP contribution in [0.2, 0.25) is 0 Å². The minimum Gasteiger partial charge on any atom is -0.340 e. The van der Waals surface area contributed by atoms with Gasteiger partial charge in [0, 0.05) is 25.2 Å². The summed E-state index contributed by atoms with van der Waals surface area (Å²) in [5.41, 5.74) is -0.510. The largest absolute Gasteiger partial charge is 0.416 e. The average molecular weight is 518 g/mol. The van der Waals surface area contributed by atoms with Gasteiger partial charge in [-0.25, -0.2) is 9.18 Å². The van der Waals surface area contributed by atoms with Crippen LogP contribution in [0.4, 0.5) is 28.0 Å². The Morgan fingerprint density at radius 3 is 2.37 bits per heavy atom. The average Bonchev–Trinajstić information content (AvgIpc) is 3.23. The third-order valence-electron chi connectivity index (χ3n) is 4.69. The molecule has 1 aromatic rings. The molecular weight excluding hydrogens is 486 g/mol. The van der Waals surface area contributed by atoms with Crippen molar-refractivity contribution >= 4 is 29.2 Å². The van der Waals surface area contributed by atoms with Crippen molar-refractivity contribution in [2.45, 2.75) is 52.8 Å². The summed E-state index contributed by atoms with van der Waals surface area (Å²) in [6.07, 6.45) is 2.89. The predicted octanol–water partition coefficient (Wildman–Crippen LogP) is 6.66. The fourth-order valence-corrected chi connectivity index (χ4v) is 3.04. The minimum atomic E-state index is -4.68. The second-order valence-corrected chi connectivity index (χ2v) is 8.41. The van der Waals surface area contributed by atoms with Gasteiger partial charge >= 0.3 is 12.2 Å². The Morgan fingerprint density at radius 2 is 1.91 bits per heavy atom. The first kappa shape index (κ1) is 32.0. The Hall–Kier alpha value is -2.99. The molecule has 1 fully saturated rings. The van der Waals surface area contributed by atoms with Crippen molar-refractivity contribution in [1.29, 1.82) is 0 Å². The van der Waals surface area contributed by atoms with Gasteiger partial charge in [0.25, 0.3) is 0 Å². The number of likely N-dealkylation sites (tertiary alicyclic amines) is 1. The molecule has 0 aliphatic carbocycles. The molecule has 1 heterocycles. The lowest BCUT2D eigenvalue weighted by atomic mass is 10.1. The van der Waals surface area contributed by atoms with E-state index in [0.29, 0.717) is 43.1 Å². The molecule has 0 radical (unpaired) electrons. The zero-order valence-electron chi connectivity index (χ0n) is 20.6. The molecule has 0 saturated carbocycles. The number of anilines is 1. The molecule has 0 bridgehead atoms. The van der Waals surface area contributed by atoms with Gasteiger partial charge in [0.1, 0.15) is 11.9 Å². The maximum atomic E-state index is 14.0. The Balaban J connectivity index is 0.00000146. The zero-order chi connectivity index (χ0) is 27.3. The summed E-state index contributed by atoms with van der Waals surface area (Å²) in [6.45, 7) is 11.2. The van der Waals surface area contributed by atoms with Gasteiger partial charge in [-0.2, -0.15) is 13.2 Å². The highest BCUT2D eigenvalue weighted by Gasteiger charge is 2.36. The van der Waals surface area contributed by atoms with E-state index in [1.807, 2.05) is 19.9 Å². The second kappa shape index (κ2) is 15.1. The van der Waals surface area contributed by atoms with E-state index in [1.54, 1.807) is 20.9 Å². The van der Waals surface area contributed by atoms with Gasteiger partial charge in [-0.3, -0.25) is 4.79 Å². The van der Waals surface area contributed by atoms with E-state index in [4.69, 9.17) is 11.6 Å². The summed E-state index contributed by atoms with van der Waals surface area (Å²) in [4.78, 5) is 28.0. The molecule has 3 amide bonds. The lowest BCUT2D eigenvalue weighted by molar-refractivity contribution is -0.137. The number of nitrogens with zero attached hydrogens (tertiary/aromatic N) is 2. The lowest BCUT2D eigenvalue weighted by Crippen LogP contribution is -2.48. The van der Waals surface area contributed by atoms with Crippen LogP contribution in [0.1, 0.15) is 46.1 Å². The Bertz CT molecular complexity index is 951. The topological polar surface area (TPSA) is 52.7 Å². The van der Waals surface area contributed by atoms with Gasteiger partial charge in [0.15, 0.2) is 0 Å². The number of rotatable bonds is 4. The van der Waals surface area contributed by atoms with E-state index in [9.17, 15) is 27.2 Å². The number of nitrogens with one attached hydrogen (secondary N) is 1. The van der Waals surface area contributed by atoms with Crippen LogP contribution in [0.15, 0.2) is 41.5 Å². The smallest absolute Gasteiger partial charge is 0.340 e. The van der Waals surface area contributed by atoms with Crippen molar-refractivity contribution in [3.05, 3.63) is 52.8 Å². The number of terminal acetylenes is 1. The molecule has 2 rings (SSSR count). The normalized spacial score (nSPS) is 15.1. The van der Waals surface area contributed by atoms with Crippen molar-refractivity contribution in [2.24, 2.45) is 0 Å². The van der Waals surface area contributed by atoms with Crippen molar-refractivity contribution in [1.82, 2.24) is 9.80 Å². The summed E-state index contributed by atoms with van der Waals surface area (Å²) in [5.74, 6) is 0.827. The molecule has 1 N–H and O–H groups in total. The van der Waals surface area contributed by atoms with Gasteiger partial charge in [-0.15, -0.1) is 12.3 Å². The molecule has 1 aliphatic heterocycles. The number of hydrogen-bond acceptors (Lipinski definition) is 2. The van der Waals surface area contributed by atoms with E-state index < -0.39 is 29.6 Å². The van der Waals surface area contributed by atoms with Crippen molar-refractivity contribution in [2.75, 3.05) is 25.5 Å². The predicted molar refractivity (Wildman–Crippen MR) is 132 cm³/mol. The van der Waals surface area contributed by atoms with Crippen LogP contribution in [-0.2, 0) is 11.0 Å². The van der Waals surface area contributed by atoms with Crippen LogP contribution >= 0.6 is 11.6 Å². The SMILES string of the molecule is C#CC.C/C=C(\C)CN(C)C(=O)[C@H]1CCCN1C(=O)Nc1ccc(C(F)(F)F)cc1F.C=C(C)Cl. The third kappa shape index (κ3) is 11.3. The van der Waals surface area contributed by atoms with Crippen molar-refractivity contribution < 1.29 is 27.2 Å². The van der Waals surface area contributed by atoms with Crippen molar-refractivity contribution in [3.8, 4) is 12.3 Å². The number of carbonyl (C=O) groups is 2. The lowest BCUT2D eigenvalue weighted by Gasteiger charge is -2.28. The molecule has 1 atom stereocenters. The molecule has 10 heteroatoms. The number of alkyl halides is 3. The highest BCUT2D eigenvalue weighted by atomic mass is 35.5. The van der Waals surface area contributed by atoms with Gasteiger partial charge in [-0.1, -0.05) is 29.8 Å². The van der Waals surface area contributed by atoms with Crippen LogP contribution in [0.5, 0.6) is 0 Å². The number of allylic oxidation sites excluding steroid dienone is 2. The molecule has 1 aromatic carbocycles. The van der Waals surface area contributed by atoms with Crippen LogP contribution < -0.4 is 5.32 Å². The molecule has 194 valence electrons. The van der Waals surface area contributed by atoms with Gasteiger partial charge in [0.2, 0.25) is 5.91 Å². The molecule has 1 saturated heterocycles. The summed E-state index contributed by atoms with van der Waals surface area (Å²) >= 11 is 5.08. The number of carbonyl (C=O) groups excluding carboxylic acids is 2. The van der Waals surface area contributed by atoms with E-state index in [2.05, 4.69) is 24.2 Å². The molecular formula is C25H32ClF4N3O2. The third-order valence-corrected chi connectivity index (χ3v) is 4.69. The highest BCUT2D eigenvalue weighted by Crippen LogP contribution is 2.31. The Morgan fingerprint density at radius 1 is 1.37 bits per heavy atom. The monoisotopic (exact) mass is 517 g/mol. The number of benzene rings is 1. The maximum Gasteiger partial charge on any atom is 0.416 e. The number of likely N-dealkylation sites (N-methyl/N-ethyl adjacent to an activating group) is 1. The summed E-state index contributed by atoms with van der Waals surface area (Å²) in [6, 6.07) is 0.483. The van der Waals surface area contributed by atoms with Crippen molar-refractivity contribution in [3.63, 3.8) is 0 Å². The molecule has 0 aromatic heterocycles. The second-order valence-electron chi connectivity index (χ2n) is 7.77. The van der Waals surface area contributed by atoms with Crippen LogP contribution in [0, 0.1) is 18.2 Å². The standard InChI is InChI=1S/C19H23F4N3O2.C3H5Cl.C3H4/c1-4-12(2)11-25(3)17(27)16-6-5-9-26(16)18(28)24-15-8-7-13(10-14(15)20)19(21,22)23;1-3(2)4;1-3-2/h4,7-8,10,16H,5-6,9,11H2,1-3H3,(H,24,28);1H2,2H3;1H,2H3/b12-4+;;/t16-;;/m1../s1. The van der Waals surface area contributed by atoms with Gasteiger partial charge < -0.3 is 15.1 Å². The van der Waals surface area contributed by atoms with E-state index >= 15 is 0 Å². The number of amides is 3. The van der Waals surface area contributed by atoms with E-state index in [-0.39, 0.29) is 11.6 Å². The molecule has 1 aliphatic rings. The Labute approximate surface area is 209 Å². The summed E-state index contributed by atoms with van der Waals surface area (Å²) < 4.78 is 51.9. The fourth-order valence-electron chi connectivity index (χ4n) is 3.04. The quantitative estimate of drug-likeness (QED) is 0.276. The molecule has 0 unspecified atom stereocenters. The minimum absolute atomic E-state index is 0.234. The Kier molecular flexibility index (Phi) is 13.8. The first-order valence-electron chi connectivity index (χ1n) is 10.7. The molecule has 5 nitrogen and oxygen atoms in total. The molecule has 35 heavy (non-hydrogen) atoms. The summed E-state index contributed by atoms with van der Waals surface area (Å²) in [5, 5.41) is 2.91. The zero-order valence-corrected chi connectivity index (χ0v) is 21.4. The highest BCUT2D eigenvalue weighted by molar-refractivity contribution is 6.28. The molecule has 0 spiro atoms. The van der Waals surface area contributed by atoms with Gasteiger partial charge in [-0.05, 0) is 58.7 Å². The van der Waals surface area contributed by atoms with Crippen LogP contribution in [0.25, 0.3) is 0 Å². The van der Waals surface area contributed by atoms with Crippen LogP contribution in [0.3, 0.4) is 0 Å². The number of hydrogen-bond donors (Lipinski definition) is 1. The summed E-state index contributed by atoms with van der Waals surface area (Å²) in [7, 11) is 1.64. The maximum absolute atomic E-state index is 14.0. The van der Waals surface area contributed by atoms with Gasteiger partial charge in [0.05, 0.1) is 11.3 Å². The first-order valence-corrected chi connectivity index (χ1v) is 11.1. The number of urea groups is 1. The van der Waals surface area contributed by atoms with E-state index in [0.717, 1.165) is 11.6 Å². The fraction of sp³-hybridized carbons (Fsp3) is 0.440. The van der Waals surface area contributed by atoms with Crippen LogP contribution in [-0.4, -0.2) is 47.9 Å².